The first kappa shape index (κ1) is 35.8. The minimum absolute atomic E-state index is 0.101. The van der Waals surface area contributed by atoms with Crippen LogP contribution in [0.25, 0.3) is 0 Å². The summed E-state index contributed by atoms with van der Waals surface area (Å²) in [7, 11) is -3.79. The van der Waals surface area contributed by atoms with E-state index in [1.807, 2.05) is 13.0 Å². The smallest absolute Gasteiger partial charge is 0.453 e. The molecule has 2 saturated carbocycles. The Morgan fingerprint density at radius 1 is 1.04 bits per heavy atom. The van der Waals surface area contributed by atoms with Crippen LogP contribution in [0.4, 0.5) is 26.3 Å². The van der Waals surface area contributed by atoms with Crippen molar-refractivity contribution < 1.29 is 45.0 Å². The largest absolute Gasteiger partial charge is 0.508 e. The van der Waals surface area contributed by atoms with Gasteiger partial charge in [-0.2, -0.15) is 22.0 Å². The van der Waals surface area contributed by atoms with E-state index in [4.69, 9.17) is 0 Å². The van der Waals surface area contributed by atoms with E-state index in [1.54, 1.807) is 12.1 Å². The zero-order chi connectivity index (χ0) is 33.7. The van der Waals surface area contributed by atoms with E-state index in [9.17, 15) is 40.6 Å². The highest BCUT2D eigenvalue weighted by Crippen LogP contribution is 2.66. The molecule has 0 amide bonds. The number of sulfone groups is 1. The summed E-state index contributed by atoms with van der Waals surface area (Å²) in [4.78, 5) is 2.10. The minimum atomic E-state index is -5.69. The molecule has 1 saturated heterocycles. The van der Waals surface area contributed by atoms with Gasteiger partial charge < -0.3 is 10.2 Å². The van der Waals surface area contributed by atoms with Gasteiger partial charge in [-0.25, -0.2) is 12.8 Å². The lowest BCUT2D eigenvalue weighted by Gasteiger charge is -2.56. The van der Waals surface area contributed by atoms with Gasteiger partial charge in [-0.3, -0.25) is 4.90 Å². The summed E-state index contributed by atoms with van der Waals surface area (Å²) in [5.74, 6) is -5.38. The second kappa shape index (κ2) is 13.1. The lowest BCUT2D eigenvalue weighted by atomic mass is 9.50. The first-order chi connectivity index (χ1) is 21.4. The molecule has 5 rings (SSSR count). The summed E-state index contributed by atoms with van der Waals surface area (Å²) in [6.45, 7) is 5.31. The summed E-state index contributed by atoms with van der Waals surface area (Å²) >= 11 is 0. The molecule has 8 atom stereocenters. The van der Waals surface area contributed by atoms with Crippen LogP contribution in [0.2, 0.25) is 0 Å². The van der Waals surface area contributed by atoms with Gasteiger partial charge in [0, 0.05) is 23.8 Å². The number of hydrogen-bond acceptors (Lipinski definition) is 5. The van der Waals surface area contributed by atoms with Crippen LogP contribution in [0.5, 0.6) is 5.75 Å². The quantitative estimate of drug-likeness (QED) is 0.176. The maximum Gasteiger partial charge on any atom is 0.453 e. The number of hydrogen-bond donors (Lipinski definition) is 2. The van der Waals surface area contributed by atoms with Gasteiger partial charge in [0.15, 0.2) is 9.84 Å². The van der Waals surface area contributed by atoms with E-state index in [0.717, 1.165) is 62.6 Å². The number of halogens is 6. The Hall–Kier alpha value is -1.53. The molecule has 0 aromatic heterocycles. The van der Waals surface area contributed by atoms with Crippen molar-refractivity contribution in [3.05, 3.63) is 29.3 Å². The molecule has 3 aliphatic carbocycles. The van der Waals surface area contributed by atoms with Crippen molar-refractivity contribution in [2.75, 3.05) is 24.6 Å². The maximum absolute atomic E-state index is 16.1. The number of likely N-dealkylation sites (tertiary alicyclic amines) is 1. The van der Waals surface area contributed by atoms with Crippen molar-refractivity contribution in [2.24, 2.45) is 23.2 Å². The number of unbranched alkanes of at least 4 members (excludes halogenated alkanes) is 2. The Morgan fingerprint density at radius 2 is 1.78 bits per heavy atom. The highest BCUT2D eigenvalue weighted by molar-refractivity contribution is 7.91. The lowest BCUT2D eigenvalue weighted by molar-refractivity contribution is -0.284. The fourth-order valence-electron chi connectivity index (χ4n) is 9.59. The number of fused-ring (bicyclic) bond motifs is 5. The fraction of sp³-hybridized carbons (Fsp3) is 0.824. The Labute approximate surface area is 269 Å². The van der Waals surface area contributed by atoms with Crippen molar-refractivity contribution in [3.8, 4) is 5.75 Å². The molecule has 46 heavy (non-hydrogen) atoms. The number of aromatic hydroxyl groups is 1. The molecule has 0 bridgehead atoms. The summed E-state index contributed by atoms with van der Waals surface area (Å²) < 4.78 is 105. The normalized spacial score (nSPS) is 35.2. The zero-order valence-corrected chi connectivity index (χ0v) is 27.7. The van der Waals surface area contributed by atoms with Gasteiger partial charge in [-0.15, -0.1) is 0 Å². The van der Waals surface area contributed by atoms with Gasteiger partial charge >= 0.3 is 12.1 Å². The molecule has 0 radical (unpaired) electrons. The van der Waals surface area contributed by atoms with Crippen LogP contribution < -0.4 is 0 Å². The molecule has 1 aromatic carbocycles. The number of nitrogens with zero attached hydrogens (tertiary/aromatic N) is 1. The molecule has 1 heterocycles. The van der Waals surface area contributed by atoms with Gasteiger partial charge in [-0.05, 0) is 119 Å². The molecular weight excluding hydrogens is 632 g/mol. The second-order valence-corrected chi connectivity index (χ2v) is 17.3. The van der Waals surface area contributed by atoms with Crippen molar-refractivity contribution in [1.82, 2.24) is 4.90 Å². The van der Waals surface area contributed by atoms with E-state index in [2.05, 4.69) is 11.8 Å². The van der Waals surface area contributed by atoms with E-state index in [-0.39, 0.29) is 41.2 Å². The maximum atomic E-state index is 16.1. The Morgan fingerprint density at radius 3 is 2.50 bits per heavy atom. The predicted octanol–water partition coefficient (Wildman–Crippen LogP) is 7.59. The van der Waals surface area contributed by atoms with Crippen molar-refractivity contribution >= 4 is 9.84 Å². The standard InChI is InChI=1S/C34H49F6NO4S/c1-31-20-28(35)30-26-11-10-25(42)19-23(26)18-22(29(30)27(31)12-14-32(31,2)43)8-4-3-5-15-41-16-6-9-24(41)21-46(44,45)17-7-13-33(36,37)34(38,39)40/h10-11,19,22,24,27-30,42-43H,3-9,12-18,20-21H2,1-2H3/t22-,24+,27+,28+,29+,30+,31+,32+/m1/s1. The summed E-state index contributed by atoms with van der Waals surface area (Å²) in [6.07, 6.45) is -1.48. The van der Waals surface area contributed by atoms with Crippen molar-refractivity contribution in [1.29, 1.82) is 0 Å². The second-order valence-electron chi connectivity index (χ2n) is 15.1. The number of alkyl halides is 6. The first-order valence-corrected chi connectivity index (χ1v) is 18.7. The molecule has 0 spiro atoms. The lowest BCUT2D eigenvalue weighted by Crippen LogP contribution is -2.54. The van der Waals surface area contributed by atoms with Gasteiger partial charge in [0.2, 0.25) is 0 Å². The van der Waals surface area contributed by atoms with Crippen molar-refractivity contribution in [2.45, 2.75) is 127 Å². The Kier molecular flexibility index (Phi) is 10.2. The Balaban J connectivity index is 1.15. The SMILES string of the molecule is C[C@]1(O)CC[C@H]2[C@@H]3[C@H](CCCCCN4CCC[C@H]4CS(=O)(=O)CCCC(F)(F)C(F)(F)F)Cc4cc(O)ccc4[C@H]3[C@@H](F)C[C@@]21C. The Bertz CT molecular complexity index is 1340. The molecule has 1 aliphatic heterocycles. The highest BCUT2D eigenvalue weighted by Gasteiger charge is 2.63. The monoisotopic (exact) mass is 681 g/mol. The highest BCUT2D eigenvalue weighted by atomic mass is 32.2. The first-order valence-electron chi connectivity index (χ1n) is 16.9. The van der Waals surface area contributed by atoms with Crippen LogP contribution in [0.3, 0.4) is 0 Å². The third kappa shape index (κ3) is 7.09. The molecule has 2 N–H and O–H groups in total. The summed E-state index contributed by atoms with van der Waals surface area (Å²) in [5.41, 5.74) is 0.584. The molecule has 4 aliphatic rings. The topological polar surface area (TPSA) is 77.8 Å². The van der Waals surface area contributed by atoms with Crippen LogP contribution in [-0.2, 0) is 16.3 Å². The van der Waals surface area contributed by atoms with E-state index >= 15 is 4.39 Å². The average molecular weight is 682 g/mol. The average Bonchev–Trinajstić information content (AvgIpc) is 3.46. The number of phenolic OH excluding ortho intramolecular Hbond substituents is 1. The van der Waals surface area contributed by atoms with Crippen LogP contribution in [-0.4, -0.2) is 78.0 Å². The van der Waals surface area contributed by atoms with E-state index in [1.165, 1.54) is 0 Å². The van der Waals surface area contributed by atoms with Gasteiger partial charge in [0.25, 0.3) is 0 Å². The number of benzene rings is 1. The van der Waals surface area contributed by atoms with Crippen LogP contribution in [0.1, 0.15) is 102 Å². The summed E-state index contributed by atoms with van der Waals surface area (Å²) in [5, 5.41) is 21.5. The van der Waals surface area contributed by atoms with Crippen LogP contribution >= 0.6 is 0 Å². The zero-order valence-electron chi connectivity index (χ0n) is 26.8. The number of phenols is 1. The van der Waals surface area contributed by atoms with E-state index in [0.29, 0.717) is 25.8 Å². The summed E-state index contributed by atoms with van der Waals surface area (Å²) in [6, 6.07) is 5.02. The molecule has 3 fully saturated rings. The third-order valence-corrected chi connectivity index (χ3v) is 14.0. The predicted molar refractivity (Wildman–Crippen MR) is 164 cm³/mol. The van der Waals surface area contributed by atoms with Crippen LogP contribution in [0.15, 0.2) is 18.2 Å². The molecule has 0 unspecified atom stereocenters. The van der Waals surface area contributed by atoms with Crippen molar-refractivity contribution in [3.63, 3.8) is 0 Å². The molecule has 12 heteroatoms. The van der Waals surface area contributed by atoms with Gasteiger partial charge in [-0.1, -0.05) is 25.8 Å². The third-order valence-electron chi connectivity index (χ3n) is 12.2. The molecule has 5 nitrogen and oxygen atoms in total. The molecular formula is C34H49F6NO4S. The fourth-order valence-corrected chi connectivity index (χ4v) is 11.3. The van der Waals surface area contributed by atoms with Crippen LogP contribution in [0, 0.1) is 23.2 Å². The molecule has 1 aromatic rings. The number of aliphatic hydroxyl groups is 1. The van der Waals surface area contributed by atoms with Gasteiger partial charge in [0.1, 0.15) is 11.9 Å². The molecule has 262 valence electrons. The minimum Gasteiger partial charge on any atom is -0.508 e. The number of rotatable bonds is 12. The van der Waals surface area contributed by atoms with E-state index < -0.39 is 57.7 Å². The van der Waals surface area contributed by atoms with Gasteiger partial charge in [0.05, 0.1) is 17.1 Å².